The highest BCUT2D eigenvalue weighted by Gasteiger charge is 2.26. The van der Waals surface area contributed by atoms with E-state index in [0.717, 1.165) is 5.56 Å². The number of rotatable bonds is 5. The second-order valence-electron chi connectivity index (χ2n) is 6.37. The van der Waals surface area contributed by atoms with Crippen LogP contribution in [-0.4, -0.2) is 29.8 Å². The number of nitrogens with one attached hydrogen (secondary N) is 1. The SMILES string of the molecule is CC(C)OC(=O)[C@@H](Cc1ccccc1)NC(=O)OC(C)(C)C. The first kappa shape index (κ1) is 18.0. The predicted molar refractivity (Wildman–Crippen MR) is 84.5 cm³/mol. The van der Waals surface area contributed by atoms with Gasteiger partial charge in [0.1, 0.15) is 11.6 Å². The van der Waals surface area contributed by atoms with Gasteiger partial charge >= 0.3 is 12.1 Å². The highest BCUT2D eigenvalue weighted by atomic mass is 16.6. The maximum Gasteiger partial charge on any atom is 0.408 e. The zero-order chi connectivity index (χ0) is 16.8. The van der Waals surface area contributed by atoms with Crippen molar-refractivity contribution in [3.63, 3.8) is 0 Å². The Morgan fingerprint density at radius 2 is 1.73 bits per heavy atom. The molecule has 0 fully saturated rings. The molecular weight excluding hydrogens is 282 g/mol. The third-order valence-corrected chi connectivity index (χ3v) is 2.61. The third-order valence-electron chi connectivity index (χ3n) is 2.61. The van der Waals surface area contributed by atoms with E-state index in [1.54, 1.807) is 34.6 Å². The molecule has 122 valence electrons. The lowest BCUT2D eigenvalue weighted by molar-refractivity contribution is -0.149. The van der Waals surface area contributed by atoms with Crippen LogP contribution in [0.15, 0.2) is 30.3 Å². The zero-order valence-corrected chi connectivity index (χ0v) is 13.9. The predicted octanol–water partition coefficient (Wildman–Crippen LogP) is 3.07. The molecular formula is C17H25NO4. The van der Waals surface area contributed by atoms with E-state index in [1.807, 2.05) is 30.3 Å². The van der Waals surface area contributed by atoms with Gasteiger partial charge in [-0.2, -0.15) is 0 Å². The molecule has 1 aromatic carbocycles. The molecule has 5 nitrogen and oxygen atoms in total. The third kappa shape index (κ3) is 7.11. The van der Waals surface area contributed by atoms with Crippen LogP contribution in [-0.2, 0) is 20.7 Å². The molecule has 5 heteroatoms. The Morgan fingerprint density at radius 3 is 2.23 bits per heavy atom. The van der Waals surface area contributed by atoms with E-state index in [-0.39, 0.29) is 6.10 Å². The summed E-state index contributed by atoms with van der Waals surface area (Å²) in [6, 6.07) is 8.67. The minimum absolute atomic E-state index is 0.244. The summed E-state index contributed by atoms with van der Waals surface area (Å²) in [5, 5.41) is 2.59. The van der Waals surface area contributed by atoms with Gasteiger partial charge in [0, 0.05) is 6.42 Å². The van der Waals surface area contributed by atoms with Crippen LogP contribution in [0.25, 0.3) is 0 Å². The Morgan fingerprint density at radius 1 is 1.14 bits per heavy atom. The number of amides is 1. The average molecular weight is 307 g/mol. The number of carbonyl (C=O) groups is 2. The largest absolute Gasteiger partial charge is 0.461 e. The molecule has 1 aromatic rings. The van der Waals surface area contributed by atoms with Gasteiger partial charge in [-0.25, -0.2) is 9.59 Å². The van der Waals surface area contributed by atoms with Crippen molar-refractivity contribution in [2.45, 2.75) is 58.8 Å². The molecule has 0 aromatic heterocycles. The molecule has 0 spiro atoms. The molecule has 1 N–H and O–H groups in total. The number of carbonyl (C=O) groups excluding carboxylic acids is 2. The molecule has 0 unspecified atom stereocenters. The van der Waals surface area contributed by atoms with Crippen molar-refractivity contribution in [1.82, 2.24) is 5.32 Å². The first-order valence-electron chi connectivity index (χ1n) is 7.41. The van der Waals surface area contributed by atoms with Gasteiger partial charge < -0.3 is 14.8 Å². The van der Waals surface area contributed by atoms with E-state index < -0.39 is 23.7 Å². The number of benzene rings is 1. The van der Waals surface area contributed by atoms with Crippen molar-refractivity contribution >= 4 is 12.1 Å². The lowest BCUT2D eigenvalue weighted by atomic mass is 10.1. The fourth-order valence-electron chi connectivity index (χ4n) is 1.81. The fourth-order valence-corrected chi connectivity index (χ4v) is 1.81. The summed E-state index contributed by atoms with van der Waals surface area (Å²) in [6.45, 7) is 8.84. The van der Waals surface area contributed by atoms with Gasteiger partial charge in [-0.3, -0.25) is 0 Å². The number of esters is 1. The van der Waals surface area contributed by atoms with E-state index >= 15 is 0 Å². The topological polar surface area (TPSA) is 64.6 Å². The van der Waals surface area contributed by atoms with Crippen molar-refractivity contribution in [1.29, 1.82) is 0 Å². The normalized spacial score (nSPS) is 12.6. The number of hydrogen-bond acceptors (Lipinski definition) is 4. The summed E-state index contributed by atoms with van der Waals surface area (Å²) in [7, 11) is 0. The minimum Gasteiger partial charge on any atom is -0.461 e. The highest BCUT2D eigenvalue weighted by Crippen LogP contribution is 2.09. The maximum absolute atomic E-state index is 12.2. The molecule has 0 aliphatic carbocycles. The van der Waals surface area contributed by atoms with Crippen molar-refractivity contribution in [3.05, 3.63) is 35.9 Å². The van der Waals surface area contributed by atoms with Gasteiger partial charge in [0.2, 0.25) is 0 Å². The standard InChI is InChI=1S/C17H25NO4/c1-12(2)21-15(19)14(11-13-9-7-6-8-10-13)18-16(20)22-17(3,4)5/h6-10,12,14H,11H2,1-5H3,(H,18,20)/t14-/m1/s1. The summed E-state index contributed by atoms with van der Waals surface area (Å²) >= 11 is 0. The molecule has 22 heavy (non-hydrogen) atoms. The van der Waals surface area contributed by atoms with E-state index in [4.69, 9.17) is 9.47 Å². The molecule has 1 amide bonds. The van der Waals surface area contributed by atoms with E-state index in [9.17, 15) is 9.59 Å². The van der Waals surface area contributed by atoms with Crippen molar-refractivity contribution in [3.8, 4) is 0 Å². The Hall–Kier alpha value is -2.04. The lowest BCUT2D eigenvalue weighted by Crippen LogP contribution is -2.46. The van der Waals surface area contributed by atoms with Gasteiger partial charge in [-0.05, 0) is 40.2 Å². The van der Waals surface area contributed by atoms with Crippen LogP contribution < -0.4 is 5.32 Å². The summed E-state index contributed by atoms with van der Waals surface area (Å²) in [6.07, 6.45) is -0.522. The van der Waals surface area contributed by atoms with Crippen LogP contribution in [0.2, 0.25) is 0 Å². The second-order valence-corrected chi connectivity index (χ2v) is 6.37. The van der Waals surface area contributed by atoms with E-state index in [2.05, 4.69) is 5.32 Å². The molecule has 1 atom stereocenters. The van der Waals surface area contributed by atoms with Crippen LogP contribution in [0.4, 0.5) is 4.79 Å². The van der Waals surface area contributed by atoms with Crippen LogP contribution in [0.3, 0.4) is 0 Å². The highest BCUT2D eigenvalue weighted by molar-refractivity contribution is 5.81. The smallest absolute Gasteiger partial charge is 0.408 e. The van der Waals surface area contributed by atoms with Crippen LogP contribution >= 0.6 is 0 Å². The summed E-state index contributed by atoms with van der Waals surface area (Å²) in [5.74, 6) is -0.468. The maximum atomic E-state index is 12.2. The summed E-state index contributed by atoms with van der Waals surface area (Å²) < 4.78 is 10.4. The molecule has 0 heterocycles. The van der Waals surface area contributed by atoms with Crippen LogP contribution in [0.1, 0.15) is 40.2 Å². The van der Waals surface area contributed by atoms with Gasteiger partial charge in [0.05, 0.1) is 6.10 Å². The Labute approximate surface area is 132 Å². The van der Waals surface area contributed by atoms with E-state index in [0.29, 0.717) is 6.42 Å². The molecule has 0 bridgehead atoms. The number of hydrogen-bond donors (Lipinski definition) is 1. The zero-order valence-electron chi connectivity index (χ0n) is 13.9. The Balaban J connectivity index is 2.78. The van der Waals surface area contributed by atoms with Crippen molar-refractivity contribution in [2.24, 2.45) is 0 Å². The number of alkyl carbamates (subject to hydrolysis) is 1. The molecule has 1 rings (SSSR count). The number of ether oxygens (including phenoxy) is 2. The van der Waals surface area contributed by atoms with Crippen LogP contribution in [0, 0.1) is 0 Å². The first-order valence-corrected chi connectivity index (χ1v) is 7.41. The molecule has 0 aliphatic rings. The van der Waals surface area contributed by atoms with Gasteiger partial charge in [-0.1, -0.05) is 30.3 Å². The van der Waals surface area contributed by atoms with E-state index in [1.165, 1.54) is 0 Å². The molecule has 0 aliphatic heterocycles. The molecule has 0 saturated heterocycles. The minimum atomic E-state index is -0.778. The monoisotopic (exact) mass is 307 g/mol. The Bertz CT molecular complexity index is 491. The summed E-state index contributed by atoms with van der Waals surface area (Å²) in [5.41, 5.74) is 0.313. The lowest BCUT2D eigenvalue weighted by Gasteiger charge is -2.23. The van der Waals surface area contributed by atoms with Crippen LogP contribution in [0.5, 0.6) is 0 Å². The molecule has 0 saturated carbocycles. The van der Waals surface area contributed by atoms with Crippen molar-refractivity contribution in [2.75, 3.05) is 0 Å². The average Bonchev–Trinajstić information content (AvgIpc) is 2.36. The first-order chi connectivity index (χ1) is 10.2. The fraction of sp³-hybridized carbons (Fsp3) is 0.529. The second kappa shape index (κ2) is 7.82. The molecule has 0 radical (unpaired) electrons. The van der Waals surface area contributed by atoms with Gasteiger partial charge in [0.15, 0.2) is 0 Å². The quantitative estimate of drug-likeness (QED) is 0.849. The van der Waals surface area contributed by atoms with Gasteiger partial charge in [0.25, 0.3) is 0 Å². The summed E-state index contributed by atoms with van der Waals surface area (Å²) in [4.78, 5) is 24.1. The Kier molecular flexibility index (Phi) is 6.40. The van der Waals surface area contributed by atoms with Crippen molar-refractivity contribution < 1.29 is 19.1 Å². The van der Waals surface area contributed by atoms with Gasteiger partial charge in [-0.15, -0.1) is 0 Å².